The molecule has 3 N–H and O–H groups in total. The van der Waals surface area contributed by atoms with Gasteiger partial charge in [0.05, 0.1) is 35.2 Å². The minimum atomic E-state index is -1.83. The molecule has 0 saturated carbocycles. The number of hydrogen-bond donors (Lipinski definition) is 3. The van der Waals surface area contributed by atoms with E-state index in [9.17, 15) is 14.4 Å². The van der Waals surface area contributed by atoms with Crippen molar-refractivity contribution in [2.24, 2.45) is 0 Å². The van der Waals surface area contributed by atoms with Gasteiger partial charge in [0.2, 0.25) is 0 Å². The molecule has 0 aromatic heterocycles. The van der Waals surface area contributed by atoms with Crippen LogP contribution in [0, 0.1) is 0 Å². The van der Waals surface area contributed by atoms with Gasteiger partial charge in [0.25, 0.3) is 17.7 Å². The van der Waals surface area contributed by atoms with Gasteiger partial charge >= 0.3 is 0 Å². The Morgan fingerprint density at radius 1 is 0.697 bits per heavy atom. The Bertz CT molecular complexity index is 649. The van der Waals surface area contributed by atoms with Crippen LogP contribution >= 0.6 is 0 Å². The molecule has 0 unspecified atom stereocenters. The summed E-state index contributed by atoms with van der Waals surface area (Å²) in [5, 5.41) is 8.60. The average molecular weight is 506 g/mol. The lowest BCUT2D eigenvalue weighted by atomic mass is 10.3. The quantitative estimate of drug-likeness (QED) is 0.165. The van der Waals surface area contributed by atoms with Crippen LogP contribution in [0.5, 0.6) is 0 Å². The Balaban J connectivity index is 4.25. The number of hydrogen-bond acceptors (Lipinski definition) is 4. The number of likely N-dealkylation sites (N-methyl/N-ethyl adjacent to an activating group) is 3. The summed E-state index contributed by atoms with van der Waals surface area (Å²) in [5.74, 6) is -0.0159. The van der Waals surface area contributed by atoms with Crippen molar-refractivity contribution in [1.82, 2.24) is 16.0 Å². The number of carbonyl (C=O) groups excluding carboxylic acids is 3. The van der Waals surface area contributed by atoms with Crippen molar-refractivity contribution in [3.63, 3.8) is 0 Å². The van der Waals surface area contributed by atoms with Gasteiger partial charge in [-0.3, -0.25) is 14.4 Å². The van der Waals surface area contributed by atoms with E-state index < -0.39 is 16.6 Å². The van der Waals surface area contributed by atoms with Crippen LogP contribution in [0.25, 0.3) is 0 Å². The summed E-state index contributed by atoms with van der Waals surface area (Å²) < 4.78 is 7.61. The fourth-order valence-electron chi connectivity index (χ4n) is 3.79. The maximum Gasteiger partial charge on any atom is 0.275 e. The molecule has 0 spiro atoms. The Hall–Kier alpha value is -1.28. The summed E-state index contributed by atoms with van der Waals surface area (Å²) in [4.78, 5) is 35.8. The second-order valence-corrected chi connectivity index (χ2v) is 20.8. The molecule has 0 aliphatic heterocycles. The van der Waals surface area contributed by atoms with Crippen LogP contribution in [0.1, 0.15) is 12.8 Å². The number of rotatable bonds is 16. The van der Waals surface area contributed by atoms with E-state index in [0.717, 1.165) is 24.9 Å². The lowest BCUT2D eigenvalue weighted by Gasteiger charge is -2.34. The van der Waals surface area contributed by atoms with Gasteiger partial charge in [-0.25, -0.2) is 0 Å². The predicted molar refractivity (Wildman–Crippen MR) is 140 cm³/mol. The Labute approximate surface area is 204 Å². The van der Waals surface area contributed by atoms with Crippen molar-refractivity contribution in [2.45, 2.75) is 51.1 Å². The molecule has 0 heterocycles. The summed E-state index contributed by atoms with van der Waals surface area (Å²) in [6.45, 7) is 11.4. The van der Waals surface area contributed by atoms with Gasteiger partial charge in [-0.15, -0.1) is 0 Å². The standard InChI is InChI=1S/C22H49N5O4Si2/c1-23-20(28)18-27(5,6)19-22(30)25-14-12-16-33(9,10)31-32(7,8)15-11-13-24-21(29)17-26(2,3)4/h11-19H2,1-10H3,(H-2,23,24,25,28,29,30)/p+2. The predicted octanol–water partition coefficient (Wildman–Crippen LogP) is 0.954. The van der Waals surface area contributed by atoms with E-state index in [1.807, 2.05) is 35.2 Å². The van der Waals surface area contributed by atoms with E-state index in [1.54, 1.807) is 7.05 Å². The smallest absolute Gasteiger partial charge is 0.275 e. The van der Waals surface area contributed by atoms with Crippen molar-refractivity contribution >= 4 is 34.4 Å². The maximum absolute atomic E-state index is 12.3. The Kier molecular flexibility index (Phi) is 13.0. The van der Waals surface area contributed by atoms with Gasteiger partial charge in [-0.1, -0.05) is 0 Å². The van der Waals surface area contributed by atoms with E-state index in [-0.39, 0.29) is 30.8 Å². The number of amides is 3. The van der Waals surface area contributed by atoms with Crippen LogP contribution in [0.15, 0.2) is 0 Å². The number of quaternary nitrogens is 2. The molecule has 0 fully saturated rings. The van der Waals surface area contributed by atoms with E-state index in [2.05, 4.69) is 42.1 Å². The molecule has 0 aliphatic rings. The average Bonchev–Trinajstić information content (AvgIpc) is 2.59. The van der Waals surface area contributed by atoms with E-state index in [1.165, 1.54) is 0 Å². The van der Waals surface area contributed by atoms with Crippen molar-refractivity contribution in [2.75, 3.05) is 75.0 Å². The van der Waals surface area contributed by atoms with Crippen molar-refractivity contribution in [3.05, 3.63) is 0 Å². The molecule has 0 atom stereocenters. The zero-order valence-corrected chi connectivity index (χ0v) is 24.9. The summed E-state index contributed by atoms with van der Waals surface area (Å²) in [7, 11) is 7.73. The number of nitrogens with zero attached hydrogens (tertiary/aromatic N) is 2. The third-order valence-corrected chi connectivity index (χ3v) is 12.7. The zero-order valence-electron chi connectivity index (χ0n) is 22.9. The first-order valence-electron chi connectivity index (χ1n) is 11.9. The van der Waals surface area contributed by atoms with Crippen molar-refractivity contribution in [3.8, 4) is 0 Å². The van der Waals surface area contributed by atoms with Gasteiger partial charge < -0.3 is 29.0 Å². The van der Waals surface area contributed by atoms with E-state index in [4.69, 9.17) is 4.12 Å². The second kappa shape index (κ2) is 13.6. The molecule has 0 bridgehead atoms. The second-order valence-electron chi connectivity index (χ2n) is 11.9. The molecular formula is C22H51N5O4Si2+2. The van der Waals surface area contributed by atoms with Crippen LogP contribution in [-0.2, 0) is 18.5 Å². The van der Waals surface area contributed by atoms with Crippen LogP contribution < -0.4 is 16.0 Å². The first-order chi connectivity index (χ1) is 14.9. The van der Waals surface area contributed by atoms with E-state index in [0.29, 0.717) is 28.6 Å². The molecule has 0 rings (SSSR count). The molecule has 0 aliphatic carbocycles. The largest absolute Gasteiger partial charge is 0.455 e. The van der Waals surface area contributed by atoms with Gasteiger partial charge in [0, 0.05) is 20.1 Å². The lowest BCUT2D eigenvalue weighted by Crippen LogP contribution is -2.52. The van der Waals surface area contributed by atoms with Gasteiger partial charge in [0.15, 0.2) is 36.3 Å². The Morgan fingerprint density at radius 3 is 1.48 bits per heavy atom. The van der Waals surface area contributed by atoms with Gasteiger partial charge in [-0.05, 0) is 51.1 Å². The fourth-order valence-corrected chi connectivity index (χ4v) is 12.6. The van der Waals surface area contributed by atoms with E-state index >= 15 is 0 Å². The number of carbonyl (C=O) groups is 3. The molecule has 33 heavy (non-hydrogen) atoms. The highest BCUT2D eigenvalue weighted by Gasteiger charge is 2.32. The first-order valence-corrected chi connectivity index (χ1v) is 18.2. The topological polar surface area (TPSA) is 96.5 Å². The molecule has 9 nitrogen and oxygen atoms in total. The normalized spacial score (nSPS) is 12.9. The summed E-state index contributed by atoms with van der Waals surface area (Å²) in [5.41, 5.74) is 0. The molecule has 3 amide bonds. The van der Waals surface area contributed by atoms with Gasteiger partial charge in [0.1, 0.15) is 0 Å². The van der Waals surface area contributed by atoms with Crippen LogP contribution in [0.4, 0.5) is 0 Å². The summed E-state index contributed by atoms with van der Waals surface area (Å²) in [6.07, 6.45) is 1.83. The summed E-state index contributed by atoms with van der Waals surface area (Å²) >= 11 is 0. The highest BCUT2D eigenvalue weighted by Crippen LogP contribution is 2.23. The SMILES string of the molecule is CNC(=O)C[N+](C)(C)CC(=O)NCCC[Si](C)(C)O[Si](C)(C)CCCNC(=O)C[N+](C)(C)C. The molecule has 194 valence electrons. The molecule has 0 saturated heterocycles. The third-order valence-electron chi connectivity index (χ3n) is 5.15. The van der Waals surface area contributed by atoms with Crippen LogP contribution in [0.2, 0.25) is 38.3 Å². The molecule has 0 radical (unpaired) electrons. The van der Waals surface area contributed by atoms with Gasteiger partial charge in [-0.2, -0.15) is 0 Å². The maximum atomic E-state index is 12.3. The molecule has 0 aromatic carbocycles. The van der Waals surface area contributed by atoms with Crippen molar-refractivity contribution < 1.29 is 27.5 Å². The third kappa shape index (κ3) is 17.8. The minimum absolute atomic E-state index is 0.0358. The highest BCUT2D eigenvalue weighted by molar-refractivity contribution is 6.84. The number of nitrogens with one attached hydrogen (secondary N) is 3. The Morgan fingerprint density at radius 2 is 1.09 bits per heavy atom. The highest BCUT2D eigenvalue weighted by atomic mass is 28.4. The fraction of sp³-hybridized carbons (Fsp3) is 0.864. The summed E-state index contributed by atoms with van der Waals surface area (Å²) in [6, 6.07) is 2.00. The lowest BCUT2D eigenvalue weighted by molar-refractivity contribution is -0.874. The zero-order chi connectivity index (χ0) is 25.9. The van der Waals surface area contributed by atoms with Crippen molar-refractivity contribution in [1.29, 1.82) is 0 Å². The minimum Gasteiger partial charge on any atom is -0.455 e. The molecular weight excluding hydrogens is 454 g/mol. The van der Waals surface area contributed by atoms with Crippen LogP contribution in [0.3, 0.4) is 0 Å². The molecule has 11 heteroatoms. The monoisotopic (exact) mass is 505 g/mol. The first kappa shape index (κ1) is 31.7. The molecule has 0 aromatic rings. The van der Waals surface area contributed by atoms with Crippen LogP contribution in [-0.4, -0.2) is 118 Å².